The van der Waals surface area contributed by atoms with Crippen molar-refractivity contribution < 1.29 is 23.8 Å². The lowest BCUT2D eigenvalue weighted by molar-refractivity contribution is -0.152. The zero-order valence-corrected chi connectivity index (χ0v) is 14.4. The third-order valence-corrected chi connectivity index (χ3v) is 4.44. The fourth-order valence-corrected chi connectivity index (χ4v) is 3.05. The number of rotatable bonds is 4. The lowest BCUT2D eigenvalue weighted by Gasteiger charge is -2.39. The molecule has 134 valence electrons. The van der Waals surface area contributed by atoms with Crippen LogP contribution in [-0.4, -0.2) is 56.2 Å². The van der Waals surface area contributed by atoms with E-state index in [0.29, 0.717) is 24.5 Å². The molecule has 1 aromatic carbocycles. The molecule has 2 atom stereocenters. The SMILES string of the molecule is COc1ccc(CN2C(=O)[C@@H]3C/C=C\COC[C@H]2C(=O)N3)c(OC)c1. The molecule has 0 unspecified atom stereocenters. The van der Waals surface area contributed by atoms with Gasteiger partial charge in [-0.25, -0.2) is 0 Å². The molecule has 3 aliphatic rings. The van der Waals surface area contributed by atoms with Gasteiger partial charge in [-0.05, 0) is 18.6 Å². The van der Waals surface area contributed by atoms with Crippen molar-refractivity contribution in [2.75, 3.05) is 27.4 Å². The molecule has 3 aliphatic heterocycles. The minimum Gasteiger partial charge on any atom is -0.497 e. The molecular weight excluding hydrogens is 324 g/mol. The second-order valence-corrected chi connectivity index (χ2v) is 5.97. The molecule has 7 nitrogen and oxygen atoms in total. The molecule has 1 N–H and O–H groups in total. The fourth-order valence-electron chi connectivity index (χ4n) is 3.05. The molecule has 3 heterocycles. The van der Waals surface area contributed by atoms with Crippen molar-refractivity contribution >= 4 is 11.8 Å². The summed E-state index contributed by atoms with van der Waals surface area (Å²) < 4.78 is 16.1. The molecule has 1 saturated heterocycles. The molecule has 0 aromatic heterocycles. The quantitative estimate of drug-likeness (QED) is 0.819. The molecule has 0 radical (unpaired) electrons. The number of methoxy groups -OCH3 is 2. The number of fused-ring (bicyclic) bond motifs is 6. The summed E-state index contributed by atoms with van der Waals surface area (Å²) in [5, 5.41) is 2.79. The predicted molar refractivity (Wildman–Crippen MR) is 90.4 cm³/mol. The van der Waals surface area contributed by atoms with Crippen molar-refractivity contribution in [2.45, 2.75) is 25.0 Å². The van der Waals surface area contributed by atoms with E-state index in [1.807, 2.05) is 18.2 Å². The van der Waals surface area contributed by atoms with Gasteiger partial charge < -0.3 is 24.4 Å². The van der Waals surface area contributed by atoms with Gasteiger partial charge in [-0.3, -0.25) is 9.59 Å². The van der Waals surface area contributed by atoms with Gasteiger partial charge in [0.2, 0.25) is 11.8 Å². The van der Waals surface area contributed by atoms with Crippen LogP contribution in [0, 0.1) is 0 Å². The van der Waals surface area contributed by atoms with E-state index >= 15 is 0 Å². The second kappa shape index (κ2) is 7.57. The Hall–Kier alpha value is -2.54. The van der Waals surface area contributed by atoms with Gasteiger partial charge in [-0.1, -0.05) is 12.2 Å². The Kier molecular flexibility index (Phi) is 5.23. The second-order valence-electron chi connectivity index (χ2n) is 5.97. The van der Waals surface area contributed by atoms with Crippen LogP contribution in [0.2, 0.25) is 0 Å². The molecule has 25 heavy (non-hydrogen) atoms. The molecule has 1 fully saturated rings. The van der Waals surface area contributed by atoms with Gasteiger partial charge in [-0.15, -0.1) is 0 Å². The van der Waals surface area contributed by atoms with Gasteiger partial charge in [-0.2, -0.15) is 0 Å². The zero-order valence-electron chi connectivity index (χ0n) is 14.4. The Morgan fingerprint density at radius 1 is 1.24 bits per heavy atom. The molecule has 0 spiro atoms. The fraction of sp³-hybridized carbons (Fsp3) is 0.444. The third kappa shape index (κ3) is 3.61. The Morgan fingerprint density at radius 2 is 2.08 bits per heavy atom. The summed E-state index contributed by atoms with van der Waals surface area (Å²) in [7, 11) is 3.15. The summed E-state index contributed by atoms with van der Waals surface area (Å²) in [5.41, 5.74) is 0.808. The molecule has 1 aromatic rings. The van der Waals surface area contributed by atoms with Gasteiger partial charge >= 0.3 is 0 Å². The lowest BCUT2D eigenvalue weighted by atomic mass is 10.0. The van der Waals surface area contributed by atoms with E-state index in [9.17, 15) is 9.59 Å². The first kappa shape index (κ1) is 17.3. The van der Waals surface area contributed by atoms with Crippen LogP contribution < -0.4 is 14.8 Å². The van der Waals surface area contributed by atoms with Crippen LogP contribution in [0.15, 0.2) is 30.4 Å². The summed E-state index contributed by atoms with van der Waals surface area (Å²) in [5.74, 6) is 0.979. The van der Waals surface area contributed by atoms with E-state index in [1.54, 1.807) is 31.3 Å². The number of piperazine rings is 1. The molecule has 0 saturated carbocycles. The van der Waals surface area contributed by atoms with Crippen molar-refractivity contribution in [1.82, 2.24) is 10.2 Å². The average Bonchev–Trinajstić information content (AvgIpc) is 2.63. The minimum atomic E-state index is -0.651. The molecule has 0 aliphatic carbocycles. The van der Waals surface area contributed by atoms with E-state index in [0.717, 1.165) is 5.56 Å². The number of hydrogen-bond acceptors (Lipinski definition) is 5. The van der Waals surface area contributed by atoms with Crippen LogP contribution in [0.3, 0.4) is 0 Å². The maximum atomic E-state index is 12.9. The first-order valence-electron chi connectivity index (χ1n) is 8.18. The highest BCUT2D eigenvalue weighted by Crippen LogP contribution is 2.27. The van der Waals surface area contributed by atoms with Crippen LogP contribution in [0.4, 0.5) is 0 Å². The van der Waals surface area contributed by atoms with Crippen molar-refractivity contribution in [3.05, 3.63) is 35.9 Å². The summed E-state index contributed by atoms with van der Waals surface area (Å²) in [4.78, 5) is 26.9. The van der Waals surface area contributed by atoms with E-state index in [4.69, 9.17) is 14.2 Å². The Labute approximate surface area is 146 Å². The van der Waals surface area contributed by atoms with E-state index in [1.165, 1.54) is 0 Å². The van der Waals surface area contributed by atoms with Crippen LogP contribution in [-0.2, 0) is 20.9 Å². The normalized spacial score (nSPS) is 24.6. The maximum Gasteiger partial charge on any atom is 0.246 e. The van der Waals surface area contributed by atoms with Crippen molar-refractivity contribution in [2.24, 2.45) is 0 Å². The molecule has 7 heteroatoms. The zero-order chi connectivity index (χ0) is 17.8. The Balaban J connectivity index is 1.90. The largest absolute Gasteiger partial charge is 0.497 e. The first-order valence-corrected chi connectivity index (χ1v) is 8.18. The van der Waals surface area contributed by atoms with E-state index in [2.05, 4.69) is 5.32 Å². The van der Waals surface area contributed by atoms with E-state index in [-0.39, 0.29) is 25.0 Å². The van der Waals surface area contributed by atoms with Gasteiger partial charge in [0.05, 0.1) is 34.0 Å². The highest BCUT2D eigenvalue weighted by molar-refractivity contribution is 5.97. The van der Waals surface area contributed by atoms with Gasteiger partial charge in [0.15, 0.2) is 0 Å². The first-order chi connectivity index (χ1) is 12.1. The van der Waals surface area contributed by atoms with E-state index < -0.39 is 12.1 Å². The monoisotopic (exact) mass is 346 g/mol. The number of nitrogens with one attached hydrogen (secondary N) is 1. The number of nitrogens with zero attached hydrogens (tertiary/aromatic N) is 1. The van der Waals surface area contributed by atoms with Crippen molar-refractivity contribution in [1.29, 1.82) is 0 Å². The highest BCUT2D eigenvalue weighted by Gasteiger charge is 2.40. The smallest absolute Gasteiger partial charge is 0.246 e. The Morgan fingerprint density at radius 3 is 2.84 bits per heavy atom. The number of amides is 2. The standard InChI is InChI=1S/C18H22N2O5/c1-23-13-7-6-12(16(9-13)24-2)10-20-15-11-25-8-4-3-5-14(18(20)22)19-17(15)21/h3-4,6-7,9,14-15H,5,8,10-11H2,1-2H3,(H,19,21)/b4-3-/t14-,15-/m0/s1. The number of benzene rings is 1. The summed E-state index contributed by atoms with van der Waals surface area (Å²) in [6.45, 7) is 0.866. The van der Waals surface area contributed by atoms with Crippen LogP contribution >= 0.6 is 0 Å². The topological polar surface area (TPSA) is 77.1 Å². The average molecular weight is 346 g/mol. The number of carbonyl (C=O) groups excluding carboxylic acids is 2. The van der Waals surface area contributed by atoms with Crippen LogP contribution in [0.25, 0.3) is 0 Å². The van der Waals surface area contributed by atoms with Crippen molar-refractivity contribution in [3.8, 4) is 11.5 Å². The summed E-state index contributed by atoms with van der Waals surface area (Å²) >= 11 is 0. The summed E-state index contributed by atoms with van der Waals surface area (Å²) in [6.07, 6.45) is 4.19. The Bertz CT molecular complexity index is 688. The summed E-state index contributed by atoms with van der Waals surface area (Å²) in [6, 6.07) is 4.22. The van der Waals surface area contributed by atoms with Gasteiger partial charge in [0, 0.05) is 11.6 Å². The molecule has 2 bridgehead atoms. The van der Waals surface area contributed by atoms with Gasteiger partial charge in [0.25, 0.3) is 0 Å². The molecule has 4 rings (SSSR count). The lowest BCUT2D eigenvalue weighted by Crippen LogP contribution is -2.64. The maximum absolute atomic E-state index is 12.9. The minimum absolute atomic E-state index is 0.113. The molecule has 2 amide bonds. The highest BCUT2D eigenvalue weighted by atomic mass is 16.5. The number of carbonyl (C=O) groups is 2. The number of hydrogen-bond donors (Lipinski definition) is 1. The number of ether oxygens (including phenoxy) is 3. The van der Waals surface area contributed by atoms with Crippen LogP contribution in [0.5, 0.6) is 11.5 Å². The van der Waals surface area contributed by atoms with Crippen LogP contribution in [0.1, 0.15) is 12.0 Å². The van der Waals surface area contributed by atoms with Crippen molar-refractivity contribution in [3.63, 3.8) is 0 Å². The predicted octanol–water partition coefficient (Wildman–Crippen LogP) is 0.876. The van der Waals surface area contributed by atoms with Gasteiger partial charge in [0.1, 0.15) is 23.6 Å². The third-order valence-electron chi connectivity index (χ3n) is 4.44. The molecular formula is C18H22N2O5.